The third-order valence-electron chi connectivity index (χ3n) is 5.58. The van der Waals surface area contributed by atoms with Gasteiger partial charge >= 0.3 is 5.97 Å². The second-order valence-electron chi connectivity index (χ2n) is 8.77. The summed E-state index contributed by atoms with van der Waals surface area (Å²) in [6.07, 6.45) is 1.53. The maximum absolute atomic E-state index is 13.1. The number of amides is 5. The summed E-state index contributed by atoms with van der Waals surface area (Å²) < 4.78 is 0. The molecule has 1 heterocycles. The first-order chi connectivity index (χ1) is 18.5. The second kappa shape index (κ2) is 14.8. The van der Waals surface area contributed by atoms with Crippen LogP contribution < -0.4 is 33.2 Å². The van der Waals surface area contributed by atoms with Gasteiger partial charge in [-0.2, -0.15) is 0 Å². The van der Waals surface area contributed by atoms with Crippen LogP contribution in [0.1, 0.15) is 30.5 Å². The van der Waals surface area contributed by atoms with Gasteiger partial charge in [0.2, 0.25) is 29.5 Å². The number of hydrogen-bond acceptors (Lipinski definition) is 8. The molecule has 0 aliphatic rings. The Morgan fingerprint density at radius 3 is 2.03 bits per heavy atom. The number of nitrogens with two attached hydrogens (primary N) is 3. The van der Waals surface area contributed by atoms with Crippen LogP contribution in [0.3, 0.4) is 0 Å². The van der Waals surface area contributed by atoms with Gasteiger partial charge in [-0.1, -0.05) is 30.3 Å². The number of carboxylic acids is 1. The number of primary amides is 2. The van der Waals surface area contributed by atoms with Gasteiger partial charge < -0.3 is 43.2 Å². The summed E-state index contributed by atoms with van der Waals surface area (Å²) in [4.78, 5) is 79.8. The van der Waals surface area contributed by atoms with E-state index in [-0.39, 0.29) is 25.7 Å². The van der Waals surface area contributed by atoms with Gasteiger partial charge in [-0.3, -0.25) is 24.0 Å². The number of imidazole rings is 1. The van der Waals surface area contributed by atoms with Crippen LogP contribution in [0, 0.1) is 0 Å². The summed E-state index contributed by atoms with van der Waals surface area (Å²) >= 11 is 0. The maximum atomic E-state index is 13.1. The quantitative estimate of drug-likeness (QED) is 0.108. The van der Waals surface area contributed by atoms with E-state index >= 15 is 0 Å². The highest BCUT2D eigenvalue weighted by Crippen LogP contribution is 2.06. The molecule has 0 aliphatic carbocycles. The van der Waals surface area contributed by atoms with Crippen molar-refractivity contribution in [2.45, 2.75) is 56.3 Å². The molecular formula is C24H32N8O7. The number of H-pyrrole nitrogens is 1. The molecule has 0 aliphatic heterocycles. The van der Waals surface area contributed by atoms with Crippen molar-refractivity contribution in [2.75, 3.05) is 0 Å². The molecule has 0 spiro atoms. The number of aliphatic carboxylic acids is 1. The monoisotopic (exact) mass is 544 g/mol. The third-order valence-corrected chi connectivity index (χ3v) is 5.58. The molecule has 2 aromatic rings. The Kier molecular flexibility index (Phi) is 11.6. The molecule has 4 unspecified atom stereocenters. The van der Waals surface area contributed by atoms with Gasteiger partial charge in [0.1, 0.15) is 18.1 Å². The first kappa shape index (κ1) is 30.4. The number of nitrogens with one attached hydrogen (secondary N) is 4. The van der Waals surface area contributed by atoms with E-state index in [4.69, 9.17) is 17.2 Å². The summed E-state index contributed by atoms with van der Waals surface area (Å²) in [5.74, 6) is -5.72. The lowest BCUT2D eigenvalue weighted by atomic mass is 10.0. The van der Waals surface area contributed by atoms with Crippen LogP contribution in [0.2, 0.25) is 0 Å². The van der Waals surface area contributed by atoms with Crippen molar-refractivity contribution in [2.24, 2.45) is 17.2 Å². The predicted molar refractivity (Wildman–Crippen MR) is 136 cm³/mol. The second-order valence-corrected chi connectivity index (χ2v) is 8.77. The highest BCUT2D eigenvalue weighted by Gasteiger charge is 2.31. The van der Waals surface area contributed by atoms with Crippen molar-refractivity contribution in [1.82, 2.24) is 25.9 Å². The fraction of sp³-hybridized carbons (Fsp3) is 0.375. The Morgan fingerprint density at radius 2 is 1.46 bits per heavy atom. The minimum Gasteiger partial charge on any atom is -0.480 e. The number of carbonyl (C=O) groups is 6. The number of carboxylic acid groups (broad SMARTS) is 1. The molecule has 11 N–H and O–H groups in total. The van der Waals surface area contributed by atoms with Gasteiger partial charge in [0, 0.05) is 24.7 Å². The highest BCUT2D eigenvalue weighted by molar-refractivity contribution is 5.96. The predicted octanol–water partition coefficient (Wildman–Crippen LogP) is -2.80. The molecule has 1 aromatic carbocycles. The molecule has 15 nitrogen and oxygen atoms in total. The van der Waals surface area contributed by atoms with E-state index in [1.54, 1.807) is 30.3 Å². The molecule has 4 atom stereocenters. The number of aromatic amines is 1. The van der Waals surface area contributed by atoms with E-state index in [0.29, 0.717) is 5.69 Å². The van der Waals surface area contributed by atoms with Gasteiger partial charge in [-0.25, -0.2) is 9.78 Å². The van der Waals surface area contributed by atoms with Gasteiger partial charge in [0.25, 0.3) is 0 Å². The van der Waals surface area contributed by atoms with E-state index in [1.165, 1.54) is 12.5 Å². The van der Waals surface area contributed by atoms with Crippen LogP contribution in [0.25, 0.3) is 0 Å². The zero-order valence-electron chi connectivity index (χ0n) is 21.0. The molecule has 0 radical (unpaired) electrons. The Labute approximate surface area is 223 Å². The summed E-state index contributed by atoms with van der Waals surface area (Å²) in [7, 11) is 0. The number of carbonyl (C=O) groups excluding carboxylic acids is 5. The number of rotatable bonds is 16. The van der Waals surface area contributed by atoms with Crippen molar-refractivity contribution in [3.8, 4) is 0 Å². The molecule has 15 heteroatoms. The first-order valence-corrected chi connectivity index (χ1v) is 11.9. The van der Waals surface area contributed by atoms with E-state index < -0.39 is 66.1 Å². The molecule has 0 fully saturated rings. The molecule has 0 saturated carbocycles. The van der Waals surface area contributed by atoms with E-state index in [0.717, 1.165) is 5.56 Å². The normalized spacial score (nSPS) is 13.8. The van der Waals surface area contributed by atoms with Crippen molar-refractivity contribution in [3.05, 3.63) is 54.1 Å². The van der Waals surface area contributed by atoms with Crippen molar-refractivity contribution in [3.63, 3.8) is 0 Å². The minimum atomic E-state index is -1.58. The molecular weight excluding hydrogens is 512 g/mol. The van der Waals surface area contributed by atoms with Gasteiger partial charge in [0.15, 0.2) is 0 Å². The Hall–Kier alpha value is -4.79. The van der Waals surface area contributed by atoms with E-state index in [2.05, 4.69) is 25.9 Å². The Morgan fingerprint density at radius 1 is 0.846 bits per heavy atom. The van der Waals surface area contributed by atoms with Crippen LogP contribution in [0.4, 0.5) is 0 Å². The van der Waals surface area contributed by atoms with Crippen molar-refractivity contribution >= 4 is 35.5 Å². The van der Waals surface area contributed by atoms with Crippen LogP contribution in [-0.2, 0) is 41.6 Å². The molecule has 5 amide bonds. The Bertz CT molecular complexity index is 1160. The number of benzene rings is 1. The molecule has 2 rings (SSSR count). The lowest BCUT2D eigenvalue weighted by Crippen LogP contribution is -2.58. The lowest BCUT2D eigenvalue weighted by molar-refractivity contribution is -0.142. The van der Waals surface area contributed by atoms with Gasteiger partial charge in [-0.05, 0) is 18.4 Å². The lowest BCUT2D eigenvalue weighted by Gasteiger charge is -2.24. The topological polar surface area (TPSA) is 265 Å². The zero-order chi connectivity index (χ0) is 28.9. The summed E-state index contributed by atoms with van der Waals surface area (Å²) in [5.41, 5.74) is 17.6. The zero-order valence-corrected chi connectivity index (χ0v) is 21.0. The summed E-state index contributed by atoms with van der Waals surface area (Å²) in [6, 6.07) is 3.50. The minimum absolute atomic E-state index is 0.158. The van der Waals surface area contributed by atoms with Crippen LogP contribution in [0.5, 0.6) is 0 Å². The fourth-order valence-electron chi connectivity index (χ4n) is 3.57. The van der Waals surface area contributed by atoms with Crippen LogP contribution in [0.15, 0.2) is 42.9 Å². The summed E-state index contributed by atoms with van der Waals surface area (Å²) in [6.45, 7) is 0. The standard InChI is InChI=1S/C24H32N8O7/c25-15(8-13-4-2-1-3-5-13)21(35)30-16(6-7-19(26)33)22(36)31-17(10-20(27)34)23(37)32-18(24(38)39)9-14-11-28-12-29-14/h1-5,11-12,15-18H,6-10,25H2,(H2,26,33)(H2,27,34)(H,28,29)(H,30,35)(H,31,36)(H,32,37)(H,38,39). The van der Waals surface area contributed by atoms with Crippen molar-refractivity contribution in [1.29, 1.82) is 0 Å². The van der Waals surface area contributed by atoms with Crippen LogP contribution >= 0.6 is 0 Å². The number of aromatic nitrogens is 2. The fourth-order valence-corrected chi connectivity index (χ4v) is 3.57. The average molecular weight is 545 g/mol. The molecule has 0 bridgehead atoms. The maximum Gasteiger partial charge on any atom is 0.326 e. The first-order valence-electron chi connectivity index (χ1n) is 11.9. The molecule has 0 saturated heterocycles. The van der Waals surface area contributed by atoms with E-state index in [9.17, 15) is 33.9 Å². The SMILES string of the molecule is NC(=O)CCC(NC(=O)C(N)Cc1ccccc1)C(=O)NC(CC(N)=O)C(=O)NC(Cc1cnc[nH]1)C(=O)O. The number of hydrogen-bond donors (Lipinski definition) is 8. The largest absolute Gasteiger partial charge is 0.480 e. The van der Waals surface area contributed by atoms with Gasteiger partial charge in [0.05, 0.1) is 18.8 Å². The van der Waals surface area contributed by atoms with Gasteiger partial charge in [-0.15, -0.1) is 0 Å². The average Bonchev–Trinajstić information content (AvgIpc) is 3.38. The van der Waals surface area contributed by atoms with E-state index in [1.807, 2.05) is 0 Å². The third kappa shape index (κ3) is 10.6. The number of nitrogens with zero attached hydrogens (tertiary/aromatic N) is 1. The summed E-state index contributed by atoms with van der Waals surface area (Å²) in [5, 5.41) is 16.5. The Balaban J connectivity index is 2.13. The molecule has 1 aromatic heterocycles. The highest BCUT2D eigenvalue weighted by atomic mass is 16.4. The molecule has 210 valence electrons. The van der Waals surface area contributed by atoms with Crippen LogP contribution in [-0.4, -0.2) is 74.7 Å². The molecule has 39 heavy (non-hydrogen) atoms. The smallest absolute Gasteiger partial charge is 0.326 e. The van der Waals surface area contributed by atoms with Crippen molar-refractivity contribution < 1.29 is 33.9 Å².